The minimum Gasteiger partial charge on any atom is -0.478 e. The maximum Gasteiger partial charge on any atom is 0.335 e. The average Bonchev–Trinajstić information content (AvgIpc) is 2.43. The first-order valence-electron chi connectivity index (χ1n) is 5.88. The van der Waals surface area contributed by atoms with Crippen LogP contribution >= 0.6 is 0 Å². The van der Waals surface area contributed by atoms with Crippen molar-refractivity contribution in [2.75, 3.05) is 5.32 Å². The third kappa shape index (κ3) is 3.00. The minimum absolute atomic E-state index is 0.0351. The van der Waals surface area contributed by atoms with Crippen LogP contribution in [0.3, 0.4) is 0 Å². The summed E-state index contributed by atoms with van der Waals surface area (Å²) >= 11 is 0. The van der Waals surface area contributed by atoms with Gasteiger partial charge in [-0.15, -0.1) is 0 Å². The Kier molecular flexibility index (Phi) is 3.79. The molecule has 102 valence electrons. The summed E-state index contributed by atoms with van der Waals surface area (Å²) in [5.41, 5.74) is 1.14. The van der Waals surface area contributed by atoms with Crippen molar-refractivity contribution in [3.05, 3.63) is 65.0 Å². The Morgan fingerprint density at radius 1 is 1.10 bits per heavy atom. The first kappa shape index (κ1) is 13.7. The summed E-state index contributed by atoms with van der Waals surface area (Å²) in [6, 6.07) is 9.91. The topological polar surface area (TPSA) is 66.4 Å². The molecule has 0 heterocycles. The van der Waals surface area contributed by atoms with E-state index in [1.54, 1.807) is 6.92 Å². The summed E-state index contributed by atoms with van der Waals surface area (Å²) in [5, 5.41) is 11.5. The van der Waals surface area contributed by atoms with Gasteiger partial charge in [0.25, 0.3) is 5.91 Å². The number of amides is 1. The van der Waals surface area contributed by atoms with Crippen LogP contribution in [0.1, 0.15) is 26.3 Å². The van der Waals surface area contributed by atoms with Gasteiger partial charge in [0.1, 0.15) is 5.82 Å². The number of benzene rings is 2. The van der Waals surface area contributed by atoms with E-state index in [1.165, 1.54) is 42.5 Å². The van der Waals surface area contributed by atoms with Gasteiger partial charge in [-0.2, -0.15) is 0 Å². The van der Waals surface area contributed by atoms with Gasteiger partial charge in [0.05, 0.1) is 5.56 Å². The van der Waals surface area contributed by atoms with E-state index in [-0.39, 0.29) is 16.9 Å². The number of hydrogen-bond acceptors (Lipinski definition) is 2. The zero-order valence-corrected chi connectivity index (χ0v) is 10.7. The van der Waals surface area contributed by atoms with Crippen molar-refractivity contribution >= 4 is 17.6 Å². The predicted molar refractivity (Wildman–Crippen MR) is 72.5 cm³/mol. The Labute approximate surface area is 114 Å². The normalized spacial score (nSPS) is 10.1. The number of aromatic carboxylic acids is 1. The van der Waals surface area contributed by atoms with Crippen LogP contribution in [0, 0.1) is 12.7 Å². The smallest absolute Gasteiger partial charge is 0.335 e. The SMILES string of the molecule is Cc1cc(NC(=O)c2cccc(C(=O)O)c2)ccc1F. The number of carbonyl (C=O) groups is 2. The van der Waals surface area contributed by atoms with Crippen molar-refractivity contribution in [3.8, 4) is 0 Å². The first-order chi connectivity index (χ1) is 9.47. The molecule has 0 aliphatic rings. The summed E-state index contributed by atoms with van der Waals surface area (Å²) in [4.78, 5) is 22.8. The molecule has 2 N–H and O–H groups in total. The molecule has 0 atom stereocenters. The highest BCUT2D eigenvalue weighted by Gasteiger charge is 2.10. The van der Waals surface area contributed by atoms with Crippen LogP contribution in [0.15, 0.2) is 42.5 Å². The molecule has 0 bridgehead atoms. The molecule has 0 saturated carbocycles. The quantitative estimate of drug-likeness (QED) is 0.903. The fourth-order valence-electron chi connectivity index (χ4n) is 1.72. The molecule has 5 heteroatoms. The Morgan fingerprint density at radius 3 is 2.45 bits per heavy atom. The third-order valence-electron chi connectivity index (χ3n) is 2.79. The second-order valence-corrected chi connectivity index (χ2v) is 4.30. The lowest BCUT2D eigenvalue weighted by atomic mass is 10.1. The van der Waals surface area contributed by atoms with Gasteiger partial charge in [-0.05, 0) is 48.9 Å². The summed E-state index contributed by atoms with van der Waals surface area (Å²) < 4.78 is 13.1. The Balaban J connectivity index is 2.21. The molecule has 1 amide bonds. The van der Waals surface area contributed by atoms with E-state index in [0.29, 0.717) is 11.3 Å². The molecule has 0 fully saturated rings. The lowest BCUT2D eigenvalue weighted by Gasteiger charge is -2.07. The molecule has 0 radical (unpaired) electrons. The van der Waals surface area contributed by atoms with E-state index in [0.717, 1.165) is 0 Å². The van der Waals surface area contributed by atoms with Gasteiger partial charge in [0.15, 0.2) is 0 Å². The van der Waals surface area contributed by atoms with E-state index < -0.39 is 11.9 Å². The number of anilines is 1. The zero-order valence-electron chi connectivity index (χ0n) is 10.7. The van der Waals surface area contributed by atoms with Gasteiger partial charge in [-0.1, -0.05) is 6.07 Å². The monoisotopic (exact) mass is 273 g/mol. The molecule has 4 nitrogen and oxygen atoms in total. The number of nitrogens with one attached hydrogen (secondary N) is 1. The second-order valence-electron chi connectivity index (χ2n) is 4.30. The van der Waals surface area contributed by atoms with E-state index >= 15 is 0 Å². The summed E-state index contributed by atoms with van der Waals surface area (Å²) in [7, 11) is 0. The number of carbonyl (C=O) groups excluding carboxylic acids is 1. The van der Waals surface area contributed by atoms with Gasteiger partial charge < -0.3 is 10.4 Å². The fraction of sp³-hybridized carbons (Fsp3) is 0.0667. The summed E-state index contributed by atoms with van der Waals surface area (Å²) in [5.74, 6) is -1.90. The van der Waals surface area contributed by atoms with Gasteiger partial charge >= 0.3 is 5.97 Å². The van der Waals surface area contributed by atoms with Crippen LogP contribution < -0.4 is 5.32 Å². The Morgan fingerprint density at radius 2 is 1.80 bits per heavy atom. The van der Waals surface area contributed by atoms with Crippen LogP contribution in [-0.4, -0.2) is 17.0 Å². The lowest BCUT2D eigenvalue weighted by molar-refractivity contribution is 0.0697. The molecule has 2 aromatic carbocycles. The van der Waals surface area contributed by atoms with Crippen LogP contribution in [0.4, 0.5) is 10.1 Å². The molecule has 0 aromatic heterocycles. The molecule has 0 aliphatic heterocycles. The molecule has 0 saturated heterocycles. The van der Waals surface area contributed by atoms with E-state index in [1.807, 2.05) is 0 Å². The molecule has 2 rings (SSSR count). The lowest BCUT2D eigenvalue weighted by Crippen LogP contribution is -2.13. The maximum atomic E-state index is 13.1. The number of rotatable bonds is 3. The van der Waals surface area contributed by atoms with Gasteiger partial charge in [0, 0.05) is 11.3 Å². The highest BCUT2D eigenvalue weighted by molar-refractivity contribution is 6.05. The first-order valence-corrected chi connectivity index (χ1v) is 5.88. The van der Waals surface area contributed by atoms with Crippen molar-refractivity contribution in [2.45, 2.75) is 6.92 Å². The van der Waals surface area contributed by atoms with Gasteiger partial charge in [-0.3, -0.25) is 4.79 Å². The third-order valence-corrected chi connectivity index (χ3v) is 2.79. The largest absolute Gasteiger partial charge is 0.478 e. The van der Waals surface area contributed by atoms with E-state index in [2.05, 4.69) is 5.32 Å². The Bertz CT molecular complexity index is 683. The van der Waals surface area contributed by atoms with Gasteiger partial charge in [0.2, 0.25) is 0 Å². The average molecular weight is 273 g/mol. The predicted octanol–water partition coefficient (Wildman–Crippen LogP) is 3.08. The van der Waals surface area contributed by atoms with Crippen molar-refractivity contribution in [1.29, 1.82) is 0 Å². The highest BCUT2D eigenvalue weighted by atomic mass is 19.1. The number of halogens is 1. The van der Waals surface area contributed by atoms with E-state index in [9.17, 15) is 14.0 Å². The van der Waals surface area contributed by atoms with Crippen LogP contribution in [0.25, 0.3) is 0 Å². The second kappa shape index (κ2) is 5.52. The molecule has 0 aliphatic carbocycles. The van der Waals surface area contributed by atoms with E-state index in [4.69, 9.17) is 5.11 Å². The summed E-state index contributed by atoms with van der Waals surface area (Å²) in [6.07, 6.45) is 0. The van der Waals surface area contributed by atoms with Crippen molar-refractivity contribution in [1.82, 2.24) is 0 Å². The van der Waals surface area contributed by atoms with Crippen molar-refractivity contribution in [3.63, 3.8) is 0 Å². The van der Waals surface area contributed by atoms with Gasteiger partial charge in [-0.25, -0.2) is 9.18 Å². The van der Waals surface area contributed by atoms with Crippen molar-refractivity contribution in [2.24, 2.45) is 0 Å². The molecular formula is C15H12FNO3. The molecule has 2 aromatic rings. The molecule has 0 spiro atoms. The summed E-state index contributed by atoms with van der Waals surface area (Å²) in [6.45, 7) is 1.59. The maximum absolute atomic E-state index is 13.1. The fourth-order valence-corrected chi connectivity index (χ4v) is 1.72. The van der Waals surface area contributed by atoms with Crippen LogP contribution in [0.5, 0.6) is 0 Å². The van der Waals surface area contributed by atoms with Crippen LogP contribution in [0.2, 0.25) is 0 Å². The molecule has 20 heavy (non-hydrogen) atoms. The standard InChI is InChI=1S/C15H12FNO3/c1-9-7-12(5-6-13(9)16)17-14(18)10-3-2-4-11(8-10)15(19)20/h2-8H,1H3,(H,17,18)(H,19,20). The van der Waals surface area contributed by atoms with Crippen LogP contribution in [-0.2, 0) is 0 Å². The highest BCUT2D eigenvalue weighted by Crippen LogP contribution is 2.15. The number of carboxylic acids is 1. The van der Waals surface area contributed by atoms with Crippen molar-refractivity contribution < 1.29 is 19.1 Å². The number of aryl methyl sites for hydroxylation is 1. The minimum atomic E-state index is -1.10. The molecular weight excluding hydrogens is 261 g/mol. The number of hydrogen-bond donors (Lipinski definition) is 2. The number of carboxylic acid groups (broad SMARTS) is 1. The molecule has 0 unspecified atom stereocenters. The zero-order chi connectivity index (χ0) is 14.7. The Hall–Kier alpha value is -2.69.